The number of rotatable bonds is 6. The summed E-state index contributed by atoms with van der Waals surface area (Å²) in [5.74, 6) is -2.69. The van der Waals surface area contributed by atoms with Crippen LogP contribution in [-0.4, -0.2) is 33.5 Å². The van der Waals surface area contributed by atoms with Gasteiger partial charge in [-0.15, -0.1) is 0 Å². The van der Waals surface area contributed by atoms with E-state index in [0.717, 1.165) is 22.7 Å². The van der Waals surface area contributed by atoms with Crippen LogP contribution in [0.4, 0.5) is 0 Å². The van der Waals surface area contributed by atoms with Crippen molar-refractivity contribution in [3.63, 3.8) is 0 Å². The molecule has 8 nitrogen and oxygen atoms in total. The normalized spacial score (nSPS) is 11.8. The fourth-order valence-corrected chi connectivity index (χ4v) is 4.17. The number of ether oxygens (including phenoxy) is 1. The highest BCUT2D eigenvalue weighted by molar-refractivity contribution is 6.09. The Morgan fingerprint density at radius 1 is 0.833 bits per heavy atom. The van der Waals surface area contributed by atoms with Gasteiger partial charge in [-0.3, -0.25) is 19.2 Å². The molecule has 8 heteroatoms. The molecule has 0 saturated carbocycles. The molecule has 1 heterocycles. The molecule has 4 rings (SSSR count). The first-order valence-corrected chi connectivity index (χ1v) is 11.4. The standard InChI is InChI=1S/C28H25N3O5/c1-18(36-20(3)33)27(34)30(19(2)32)31-26(29-24-17-11-10-16-23(24)28(31)35)25(21-12-6-4-7-13-21)22-14-8-5-9-15-22/h4-18,25H,1-3H3/t18-/m0/s1. The number of imide groups is 1. The first-order chi connectivity index (χ1) is 17.3. The Bertz CT molecular complexity index is 1440. The first kappa shape index (κ1) is 24.5. The van der Waals surface area contributed by atoms with Gasteiger partial charge in [-0.2, -0.15) is 9.69 Å². The average Bonchev–Trinajstić information content (AvgIpc) is 2.87. The highest BCUT2D eigenvalue weighted by Gasteiger charge is 2.34. The summed E-state index contributed by atoms with van der Waals surface area (Å²) in [6, 6.07) is 25.5. The van der Waals surface area contributed by atoms with Gasteiger partial charge in [-0.1, -0.05) is 72.8 Å². The number of esters is 1. The number of hydrogen-bond donors (Lipinski definition) is 0. The third-order valence-corrected chi connectivity index (χ3v) is 5.70. The second-order valence-electron chi connectivity index (χ2n) is 8.28. The van der Waals surface area contributed by atoms with Crippen molar-refractivity contribution in [2.75, 3.05) is 5.01 Å². The first-order valence-electron chi connectivity index (χ1n) is 11.4. The molecule has 0 bridgehead atoms. The Labute approximate surface area is 207 Å². The molecule has 36 heavy (non-hydrogen) atoms. The monoisotopic (exact) mass is 483 g/mol. The van der Waals surface area contributed by atoms with Crippen molar-refractivity contribution in [1.29, 1.82) is 0 Å². The Morgan fingerprint density at radius 3 is 1.89 bits per heavy atom. The summed E-state index contributed by atoms with van der Waals surface area (Å²) < 4.78 is 6.06. The highest BCUT2D eigenvalue weighted by atomic mass is 16.5. The van der Waals surface area contributed by atoms with Crippen LogP contribution in [0.15, 0.2) is 89.7 Å². The van der Waals surface area contributed by atoms with Crippen LogP contribution < -0.4 is 10.6 Å². The van der Waals surface area contributed by atoms with Gasteiger partial charge in [0.05, 0.1) is 16.8 Å². The van der Waals surface area contributed by atoms with Crippen molar-refractivity contribution < 1.29 is 19.1 Å². The summed E-state index contributed by atoms with van der Waals surface area (Å²) in [7, 11) is 0. The number of nitrogens with zero attached hydrogens (tertiary/aromatic N) is 3. The van der Waals surface area contributed by atoms with Gasteiger partial charge in [-0.25, -0.2) is 4.98 Å². The summed E-state index contributed by atoms with van der Waals surface area (Å²) in [6.07, 6.45) is -1.30. The average molecular weight is 484 g/mol. The van der Waals surface area contributed by atoms with Crippen molar-refractivity contribution >= 4 is 28.7 Å². The van der Waals surface area contributed by atoms with Gasteiger partial charge in [0.15, 0.2) is 6.10 Å². The molecule has 4 aromatic rings. The van der Waals surface area contributed by atoms with Crippen molar-refractivity contribution in [3.8, 4) is 0 Å². The number of benzene rings is 3. The largest absolute Gasteiger partial charge is 0.453 e. The van der Waals surface area contributed by atoms with E-state index in [-0.39, 0.29) is 11.2 Å². The second kappa shape index (κ2) is 10.4. The SMILES string of the molecule is CC(=O)O[C@@H](C)C(=O)N(C(C)=O)n1c(C(c2ccccc2)c2ccccc2)nc2ccccc2c1=O. The lowest BCUT2D eigenvalue weighted by atomic mass is 9.90. The van der Waals surface area contributed by atoms with Crippen LogP contribution in [0.25, 0.3) is 10.9 Å². The van der Waals surface area contributed by atoms with Crippen LogP contribution in [-0.2, 0) is 19.1 Å². The summed E-state index contributed by atoms with van der Waals surface area (Å²) in [4.78, 5) is 56.5. The predicted molar refractivity (Wildman–Crippen MR) is 135 cm³/mol. The van der Waals surface area contributed by atoms with E-state index in [4.69, 9.17) is 9.72 Å². The quantitative estimate of drug-likeness (QED) is 0.389. The number of fused-ring (bicyclic) bond motifs is 1. The van der Waals surface area contributed by atoms with Crippen LogP contribution in [0.2, 0.25) is 0 Å². The maximum atomic E-state index is 13.9. The molecule has 2 amide bonds. The van der Waals surface area contributed by atoms with E-state index in [1.807, 2.05) is 60.7 Å². The fourth-order valence-electron chi connectivity index (χ4n) is 4.17. The van der Waals surface area contributed by atoms with Gasteiger partial charge in [0.25, 0.3) is 11.5 Å². The molecule has 0 aliphatic rings. The number of carbonyl (C=O) groups is 3. The van der Waals surface area contributed by atoms with Gasteiger partial charge >= 0.3 is 5.97 Å². The lowest BCUT2D eigenvalue weighted by molar-refractivity contribution is -0.153. The molecule has 0 aliphatic carbocycles. The molecule has 0 saturated heterocycles. The van der Waals surface area contributed by atoms with E-state index >= 15 is 0 Å². The lowest BCUT2D eigenvalue weighted by Gasteiger charge is -2.29. The molecule has 1 atom stereocenters. The topological polar surface area (TPSA) is 98.6 Å². The Hall–Kier alpha value is -4.59. The molecule has 0 unspecified atom stereocenters. The molecular formula is C28H25N3O5. The smallest absolute Gasteiger partial charge is 0.303 e. The molecule has 0 radical (unpaired) electrons. The van der Waals surface area contributed by atoms with Gasteiger partial charge < -0.3 is 4.74 Å². The maximum absolute atomic E-state index is 13.9. The Morgan fingerprint density at radius 2 is 1.36 bits per heavy atom. The highest BCUT2D eigenvalue weighted by Crippen LogP contribution is 2.31. The van der Waals surface area contributed by atoms with Crippen molar-refractivity contribution in [3.05, 3.63) is 112 Å². The minimum absolute atomic E-state index is 0.176. The van der Waals surface area contributed by atoms with Crippen LogP contribution >= 0.6 is 0 Å². The van der Waals surface area contributed by atoms with E-state index < -0.39 is 35.4 Å². The van der Waals surface area contributed by atoms with E-state index in [1.165, 1.54) is 13.8 Å². The van der Waals surface area contributed by atoms with E-state index in [0.29, 0.717) is 10.5 Å². The zero-order valence-corrected chi connectivity index (χ0v) is 20.1. The van der Waals surface area contributed by atoms with E-state index in [1.54, 1.807) is 24.3 Å². The summed E-state index contributed by atoms with van der Waals surface area (Å²) in [6.45, 7) is 3.69. The van der Waals surface area contributed by atoms with Crippen LogP contribution in [0.1, 0.15) is 43.6 Å². The summed E-state index contributed by atoms with van der Waals surface area (Å²) >= 11 is 0. The lowest BCUT2D eigenvalue weighted by Crippen LogP contribution is -2.55. The zero-order valence-electron chi connectivity index (χ0n) is 20.1. The number of amides is 2. The maximum Gasteiger partial charge on any atom is 0.303 e. The molecule has 0 fully saturated rings. The number of carbonyl (C=O) groups excluding carboxylic acids is 3. The van der Waals surface area contributed by atoms with Gasteiger partial charge in [0.2, 0.25) is 5.91 Å². The van der Waals surface area contributed by atoms with Crippen molar-refractivity contribution in [2.45, 2.75) is 32.8 Å². The molecule has 182 valence electrons. The molecule has 0 N–H and O–H groups in total. The van der Waals surface area contributed by atoms with Gasteiger partial charge in [0, 0.05) is 13.8 Å². The molecule has 3 aromatic carbocycles. The van der Waals surface area contributed by atoms with E-state index in [2.05, 4.69) is 0 Å². The van der Waals surface area contributed by atoms with Crippen LogP contribution in [0, 0.1) is 0 Å². The van der Waals surface area contributed by atoms with E-state index in [9.17, 15) is 19.2 Å². The minimum atomic E-state index is -1.30. The number of hydrogen-bond acceptors (Lipinski definition) is 6. The third kappa shape index (κ3) is 4.79. The zero-order chi connectivity index (χ0) is 25.8. The van der Waals surface area contributed by atoms with Crippen LogP contribution in [0.5, 0.6) is 0 Å². The molecule has 1 aromatic heterocycles. The summed E-state index contributed by atoms with van der Waals surface area (Å²) in [5.41, 5.74) is 1.45. The van der Waals surface area contributed by atoms with Gasteiger partial charge in [0.1, 0.15) is 5.82 Å². The fraction of sp³-hybridized carbons (Fsp3) is 0.179. The number of aromatic nitrogens is 2. The minimum Gasteiger partial charge on any atom is -0.453 e. The second-order valence-corrected chi connectivity index (χ2v) is 8.28. The number of para-hydroxylation sites is 1. The molecular weight excluding hydrogens is 458 g/mol. The Kier molecular flexibility index (Phi) is 7.05. The Balaban J connectivity index is 2.07. The third-order valence-electron chi connectivity index (χ3n) is 5.70. The molecule has 0 aliphatic heterocycles. The summed E-state index contributed by atoms with van der Waals surface area (Å²) in [5, 5.41) is 0.948. The predicted octanol–water partition coefficient (Wildman–Crippen LogP) is 3.54. The van der Waals surface area contributed by atoms with Crippen molar-refractivity contribution in [1.82, 2.24) is 9.66 Å². The molecule has 0 spiro atoms. The van der Waals surface area contributed by atoms with Crippen molar-refractivity contribution in [2.24, 2.45) is 0 Å². The van der Waals surface area contributed by atoms with Gasteiger partial charge in [-0.05, 0) is 30.2 Å². The van der Waals surface area contributed by atoms with Crippen LogP contribution in [0.3, 0.4) is 0 Å².